The van der Waals surface area contributed by atoms with Crippen LogP contribution in [0.4, 0.5) is 0 Å². The number of hydrogen-bond donors (Lipinski definition) is 0. The average Bonchev–Trinajstić information content (AvgIpc) is 3.13. The molecule has 1 aliphatic carbocycles. The Morgan fingerprint density at radius 3 is 1.71 bits per heavy atom. The van der Waals surface area contributed by atoms with Gasteiger partial charge in [-0.2, -0.15) is 0 Å². The smallest absolute Gasteiger partial charge is 0.284 e. The van der Waals surface area contributed by atoms with Crippen LogP contribution in [-0.2, 0) is 31.4 Å². The van der Waals surface area contributed by atoms with Crippen LogP contribution in [0.3, 0.4) is 0 Å². The van der Waals surface area contributed by atoms with E-state index in [0.29, 0.717) is 0 Å². The van der Waals surface area contributed by atoms with Gasteiger partial charge in [-0.15, -0.1) is 0 Å². The number of rotatable bonds is 8. The monoisotopic (exact) mass is 346 g/mol. The molecule has 0 bridgehead atoms. The quantitative estimate of drug-likeness (QED) is 0.593. The van der Waals surface area contributed by atoms with Crippen molar-refractivity contribution in [1.29, 1.82) is 0 Å². The number of phosphoric ester groups is 1. The summed E-state index contributed by atoms with van der Waals surface area (Å²) in [4.78, 5) is 0. The van der Waals surface area contributed by atoms with Crippen molar-refractivity contribution < 1.29 is 18.1 Å². The minimum atomic E-state index is -3.60. The third-order valence-corrected chi connectivity index (χ3v) is 5.49. The Morgan fingerprint density at radius 2 is 1.25 bits per heavy atom. The van der Waals surface area contributed by atoms with Gasteiger partial charge in [0.15, 0.2) is 0 Å². The SMILES string of the molecule is O=P(OCc1ccccc1)(OCc1ccccc1)OC1CCCC1. The normalized spacial score (nSPS) is 15.7. The fraction of sp³-hybridized carbons (Fsp3) is 0.368. The molecule has 0 aliphatic heterocycles. The van der Waals surface area contributed by atoms with E-state index in [-0.39, 0.29) is 19.3 Å². The molecule has 0 atom stereocenters. The van der Waals surface area contributed by atoms with Crippen LogP contribution in [0.15, 0.2) is 60.7 Å². The first-order chi connectivity index (χ1) is 11.7. The summed E-state index contributed by atoms with van der Waals surface area (Å²) in [6, 6.07) is 19.3. The summed E-state index contributed by atoms with van der Waals surface area (Å²) in [7, 11) is -3.60. The van der Waals surface area contributed by atoms with Crippen molar-refractivity contribution in [2.45, 2.75) is 45.0 Å². The zero-order valence-electron chi connectivity index (χ0n) is 13.7. The molecule has 1 saturated carbocycles. The van der Waals surface area contributed by atoms with Crippen molar-refractivity contribution in [3.05, 3.63) is 71.8 Å². The lowest BCUT2D eigenvalue weighted by atomic mass is 10.2. The van der Waals surface area contributed by atoms with Crippen molar-refractivity contribution in [3.8, 4) is 0 Å². The van der Waals surface area contributed by atoms with Crippen LogP contribution < -0.4 is 0 Å². The van der Waals surface area contributed by atoms with Gasteiger partial charge < -0.3 is 0 Å². The van der Waals surface area contributed by atoms with Crippen LogP contribution >= 0.6 is 7.82 Å². The fourth-order valence-electron chi connectivity index (χ4n) is 2.73. The van der Waals surface area contributed by atoms with Gasteiger partial charge in [-0.25, -0.2) is 4.57 Å². The highest BCUT2D eigenvalue weighted by Crippen LogP contribution is 2.53. The van der Waals surface area contributed by atoms with Crippen LogP contribution in [0.1, 0.15) is 36.8 Å². The molecule has 5 heteroatoms. The second kappa shape index (κ2) is 8.59. The zero-order chi connectivity index (χ0) is 16.7. The molecule has 0 spiro atoms. The highest BCUT2D eigenvalue weighted by molar-refractivity contribution is 7.48. The maximum absolute atomic E-state index is 13.0. The van der Waals surface area contributed by atoms with E-state index in [0.717, 1.165) is 36.8 Å². The van der Waals surface area contributed by atoms with Gasteiger partial charge in [-0.3, -0.25) is 13.6 Å². The molecule has 2 aromatic rings. The van der Waals surface area contributed by atoms with Crippen LogP contribution in [-0.4, -0.2) is 6.10 Å². The third-order valence-electron chi connectivity index (χ3n) is 4.04. The Morgan fingerprint density at radius 1 is 0.792 bits per heavy atom. The van der Waals surface area contributed by atoms with Crippen LogP contribution in [0.25, 0.3) is 0 Å². The minimum absolute atomic E-state index is 0.0395. The lowest BCUT2D eigenvalue weighted by molar-refractivity contribution is 0.0722. The van der Waals surface area contributed by atoms with E-state index >= 15 is 0 Å². The topological polar surface area (TPSA) is 44.8 Å². The molecule has 0 heterocycles. The first-order valence-electron chi connectivity index (χ1n) is 8.39. The standard InChI is InChI=1S/C19H23O4P/c20-24(23-19-13-7-8-14-19,21-15-17-9-3-1-4-10-17)22-16-18-11-5-2-6-12-18/h1-6,9-12,19H,7-8,13-16H2. The molecular formula is C19H23O4P. The molecule has 128 valence electrons. The van der Waals surface area contributed by atoms with Crippen molar-refractivity contribution in [3.63, 3.8) is 0 Å². The van der Waals surface area contributed by atoms with Crippen molar-refractivity contribution in [2.24, 2.45) is 0 Å². The van der Waals surface area contributed by atoms with Gasteiger partial charge in [0, 0.05) is 0 Å². The van der Waals surface area contributed by atoms with E-state index in [1.165, 1.54) is 0 Å². The molecule has 2 aromatic carbocycles. The molecule has 1 fully saturated rings. The fourth-order valence-corrected chi connectivity index (χ4v) is 4.12. The van der Waals surface area contributed by atoms with E-state index < -0.39 is 7.82 Å². The first kappa shape index (κ1) is 17.4. The lowest BCUT2D eigenvalue weighted by Crippen LogP contribution is -2.09. The molecular weight excluding hydrogens is 323 g/mol. The van der Waals surface area contributed by atoms with Crippen LogP contribution in [0, 0.1) is 0 Å². The Balaban J connectivity index is 1.64. The summed E-state index contributed by atoms with van der Waals surface area (Å²) in [6.07, 6.45) is 3.98. The van der Waals surface area contributed by atoms with E-state index in [9.17, 15) is 4.57 Å². The largest absolute Gasteiger partial charge is 0.475 e. The van der Waals surface area contributed by atoms with E-state index in [1.54, 1.807) is 0 Å². The molecule has 0 aromatic heterocycles. The van der Waals surface area contributed by atoms with E-state index in [2.05, 4.69) is 0 Å². The molecule has 4 nitrogen and oxygen atoms in total. The van der Waals surface area contributed by atoms with Crippen LogP contribution in [0.2, 0.25) is 0 Å². The van der Waals surface area contributed by atoms with Crippen molar-refractivity contribution in [1.82, 2.24) is 0 Å². The van der Waals surface area contributed by atoms with Gasteiger partial charge in [0.25, 0.3) is 0 Å². The Bertz CT molecular complexity index is 606. The first-order valence-corrected chi connectivity index (χ1v) is 9.85. The van der Waals surface area contributed by atoms with E-state index in [1.807, 2.05) is 60.7 Å². The molecule has 24 heavy (non-hydrogen) atoms. The summed E-state index contributed by atoms with van der Waals surface area (Å²) < 4.78 is 30.0. The van der Waals surface area contributed by atoms with Crippen molar-refractivity contribution >= 4 is 7.82 Å². The second-order valence-corrected chi connectivity index (χ2v) is 7.60. The van der Waals surface area contributed by atoms with Gasteiger partial charge in [0.05, 0.1) is 19.3 Å². The molecule has 0 amide bonds. The molecule has 0 radical (unpaired) electrons. The summed E-state index contributed by atoms with van der Waals surface area (Å²) >= 11 is 0. The average molecular weight is 346 g/mol. The summed E-state index contributed by atoms with van der Waals surface area (Å²) in [5, 5.41) is 0. The molecule has 1 aliphatic rings. The number of hydrogen-bond acceptors (Lipinski definition) is 4. The molecule has 0 N–H and O–H groups in total. The lowest BCUT2D eigenvalue weighted by Gasteiger charge is -2.21. The molecule has 0 unspecified atom stereocenters. The minimum Gasteiger partial charge on any atom is -0.284 e. The summed E-state index contributed by atoms with van der Waals surface area (Å²) in [5.74, 6) is 0. The summed E-state index contributed by atoms with van der Waals surface area (Å²) in [5.41, 5.74) is 1.88. The second-order valence-electron chi connectivity index (χ2n) is 5.98. The van der Waals surface area contributed by atoms with Gasteiger partial charge in [-0.05, 0) is 24.0 Å². The summed E-state index contributed by atoms with van der Waals surface area (Å²) in [6.45, 7) is 0.416. The third kappa shape index (κ3) is 5.29. The number of phosphoric acid groups is 1. The Kier molecular flexibility index (Phi) is 6.22. The van der Waals surface area contributed by atoms with E-state index in [4.69, 9.17) is 13.6 Å². The molecule has 3 rings (SSSR count). The molecule has 0 saturated heterocycles. The van der Waals surface area contributed by atoms with Gasteiger partial charge in [0.2, 0.25) is 0 Å². The predicted octanol–water partition coefficient (Wildman–Crippen LogP) is 5.49. The maximum atomic E-state index is 13.0. The highest BCUT2D eigenvalue weighted by Gasteiger charge is 2.32. The Hall–Kier alpha value is -1.45. The Labute approximate surface area is 143 Å². The van der Waals surface area contributed by atoms with Gasteiger partial charge in [0.1, 0.15) is 0 Å². The predicted molar refractivity (Wildman–Crippen MR) is 93.4 cm³/mol. The van der Waals surface area contributed by atoms with Crippen LogP contribution in [0.5, 0.6) is 0 Å². The van der Waals surface area contributed by atoms with Gasteiger partial charge >= 0.3 is 7.82 Å². The zero-order valence-corrected chi connectivity index (χ0v) is 14.6. The number of benzene rings is 2. The highest BCUT2D eigenvalue weighted by atomic mass is 31.2. The maximum Gasteiger partial charge on any atom is 0.475 e. The van der Waals surface area contributed by atoms with Crippen molar-refractivity contribution in [2.75, 3.05) is 0 Å². The van der Waals surface area contributed by atoms with Gasteiger partial charge in [-0.1, -0.05) is 73.5 Å².